The van der Waals surface area contributed by atoms with Crippen LogP contribution in [0.25, 0.3) is 0 Å². The van der Waals surface area contributed by atoms with Crippen LogP contribution in [0.1, 0.15) is 51.1 Å². The zero-order valence-electron chi connectivity index (χ0n) is 11.0. The molecule has 2 unspecified atom stereocenters. The second kappa shape index (κ2) is 4.80. The fraction of sp³-hybridized carbons (Fsp3) is 0.714. The summed E-state index contributed by atoms with van der Waals surface area (Å²) in [5.74, 6) is 1.61. The fourth-order valence-corrected chi connectivity index (χ4v) is 4.17. The number of nitrogens with zero attached hydrogens (tertiary/aromatic N) is 3. The van der Waals surface area contributed by atoms with Crippen molar-refractivity contribution < 1.29 is 0 Å². The smallest absolute Gasteiger partial charge is 0.132 e. The highest BCUT2D eigenvalue weighted by Gasteiger charge is 2.40. The lowest BCUT2D eigenvalue weighted by Crippen LogP contribution is -2.43. The van der Waals surface area contributed by atoms with Gasteiger partial charge in [0, 0.05) is 28.7 Å². The van der Waals surface area contributed by atoms with Crippen LogP contribution in [0.3, 0.4) is 0 Å². The van der Waals surface area contributed by atoms with Crippen molar-refractivity contribution in [1.29, 1.82) is 0 Å². The molecule has 0 aliphatic carbocycles. The number of alkyl halides is 1. The summed E-state index contributed by atoms with van der Waals surface area (Å²) in [5.41, 5.74) is 1.15. The topological polar surface area (TPSA) is 29.0 Å². The van der Waals surface area contributed by atoms with Gasteiger partial charge in [-0.25, -0.2) is 9.97 Å². The molecule has 2 aliphatic heterocycles. The molecule has 2 aliphatic rings. The predicted octanol–water partition coefficient (Wildman–Crippen LogP) is 3.49. The molecule has 0 spiro atoms. The predicted molar refractivity (Wildman–Crippen MR) is 77.4 cm³/mol. The lowest BCUT2D eigenvalue weighted by molar-refractivity contribution is 0.478. The first-order chi connectivity index (χ1) is 8.65. The van der Waals surface area contributed by atoms with Crippen molar-refractivity contribution in [3.05, 3.63) is 18.1 Å². The highest BCUT2D eigenvalue weighted by atomic mass is 79.9. The standard InChI is InChI=1S/C14H20BrN3/c1-9(2)13-7-14(17-8-16-13)18-11-3-4-12(18)6-10(15)5-11/h7-12H,3-6H2,1-2H3. The number of hydrogen-bond donors (Lipinski definition) is 0. The van der Waals surface area contributed by atoms with Gasteiger partial charge in [0.15, 0.2) is 0 Å². The van der Waals surface area contributed by atoms with Crippen molar-refractivity contribution in [3.63, 3.8) is 0 Å². The van der Waals surface area contributed by atoms with E-state index in [0.717, 1.165) is 11.5 Å². The lowest BCUT2D eigenvalue weighted by atomic mass is 10.0. The number of rotatable bonds is 2. The summed E-state index contributed by atoms with van der Waals surface area (Å²) in [6.07, 6.45) is 6.85. The first kappa shape index (κ1) is 12.4. The van der Waals surface area contributed by atoms with Gasteiger partial charge in [-0.05, 0) is 31.6 Å². The Hall–Kier alpha value is -0.640. The molecule has 0 aromatic carbocycles. The Morgan fingerprint density at radius 2 is 1.89 bits per heavy atom. The van der Waals surface area contributed by atoms with Crippen LogP contribution < -0.4 is 4.90 Å². The molecule has 0 saturated carbocycles. The SMILES string of the molecule is CC(C)c1cc(N2C3CCC2CC(Br)C3)ncn1. The van der Waals surface area contributed by atoms with E-state index in [0.29, 0.717) is 22.8 Å². The molecule has 0 amide bonds. The number of fused-ring (bicyclic) bond motifs is 2. The molecule has 1 aromatic rings. The summed E-state index contributed by atoms with van der Waals surface area (Å²) in [5, 5.41) is 0. The Labute approximate surface area is 117 Å². The van der Waals surface area contributed by atoms with Crippen LogP contribution in [0.15, 0.2) is 12.4 Å². The third-order valence-corrected chi connectivity index (χ3v) is 4.95. The number of hydrogen-bond acceptors (Lipinski definition) is 3. The van der Waals surface area contributed by atoms with Gasteiger partial charge >= 0.3 is 0 Å². The van der Waals surface area contributed by atoms with Crippen molar-refractivity contribution in [2.75, 3.05) is 4.90 Å². The van der Waals surface area contributed by atoms with E-state index in [9.17, 15) is 0 Å². The molecule has 1 aromatic heterocycles. The molecular weight excluding hydrogens is 290 g/mol. The second-order valence-corrected chi connectivity index (χ2v) is 7.11. The quantitative estimate of drug-likeness (QED) is 0.783. The normalized spacial score (nSPS) is 31.1. The third-order valence-electron chi connectivity index (χ3n) is 4.21. The van der Waals surface area contributed by atoms with E-state index in [2.05, 4.69) is 50.7 Å². The molecule has 4 heteroatoms. The van der Waals surface area contributed by atoms with Gasteiger partial charge in [-0.1, -0.05) is 29.8 Å². The van der Waals surface area contributed by atoms with Crippen LogP contribution >= 0.6 is 15.9 Å². The van der Waals surface area contributed by atoms with E-state index in [-0.39, 0.29) is 0 Å². The molecule has 0 radical (unpaired) electrons. The van der Waals surface area contributed by atoms with Gasteiger partial charge < -0.3 is 4.90 Å². The zero-order chi connectivity index (χ0) is 12.7. The highest BCUT2D eigenvalue weighted by molar-refractivity contribution is 9.09. The van der Waals surface area contributed by atoms with Gasteiger partial charge in [0.25, 0.3) is 0 Å². The molecule has 2 bridgehead atoms. The summed E-state index contributed by atoms with van der Waals surface area (Å²) >= 11 is 3.79. The van der Waals surface area contributed by atoms with Crippen LogP contribution in [-0.2, 0) is 0 Å². The average molecular weight is 310 g/mol. The van der Waals surface area contributed by atoms with Crippen LogP contribution in [0.4, 0.5) is 5.82 Å². The summed E-state index contributed by atoms with van der Waals surface area (Å²) < 4.78 is 0. The van der Waals surface area contributed by atoms with Gasteiger partial charge in [-0.3, -0.25) is 0 Å². The summed E-state index contributed by atoms with van der Waals surface area (Å²) in [7, 11) is 0. The summed E-state index contributed by atoms with van der Waals surface area (Å²) in [6, 6.07) is 3.52. The Morgan fingerprint density at radius 3 is 2.50 bits per heavy atom. The van der Waals surface area contributed by atoms with E-state index in [1.54, 1.807) is 6.33 Å². The Balaban J connectivity index is 1.89. The van der Waals surface area contributed by atoms with E-state index in [4.69, 9.17) is 0 Å². The Bertz CT molecular complexity index is 421. The Kier molecular flexibility index (Phi) is 3.31. The maximum Gasteiger partial charge on any atom is 0.132 e. The molecule has 2 saturated heterocycles. The van der Waals surface area contributed by atoms with Gasteiger partial charge in [0.1, 0.15) is 12.1 Å². The van der Waals surface area contributed by atoms with Gasteiger partial charge in [0.2, 0.25) is 0 Å². The summed E-state index contributed by atoms with van der Waals surface area (Å²) in [6.45, 7) is 4.37. The van der Waals surface area contributed by atoms with E-state index in [1.165, 1.54) is 25.7 Å². The monoisotopic (exact) mass is 309 g/mol. The van der Waals surface area contributed by atoms with E-state index in [1.807, 2.05) is 0 Å². The third kappa shape index (κ3) is 2.15. The number of piperidine rings is 1. The minimum atomic E-state index is 0.470. The molecule has 18 heavy (non-hydrogen) atoms. The number of aromatic nitrogens is 2. The molecule has 98 valence electrons. The van der Waals surface area contributed by atoms with Gasteiger partial charge in [-0.2, -0.15) is 0 Å². The van der Waals surface area contributed by atoms with Crippen molar-refractivity contribution in [2.45, 2.75) is 62.4 Å². The molecule has 2 atom stereocenters. The van der Waals surface area contributed by atoms with E-state index >= 15 is 0 Å². The maximum atomic E-state index is 4.51. The first-order valence-electron chi connectivity index (χ1n) is 6.89. The molecule has 3 heterocycles. The minimum Gasteiger partial charge on any atom is -0.350 e. The highest BCUT2D eigenvalue weighted by Crippen LogP contribution is 2.40. The van der Waals surface area contributed by atoms with Crippen molar-refractivity contribution in [2.24, 2.45) is 0 Å². The van der Waals surface area contributed by atoms with Crippen LogP contribution in [-0.4, -0.2) is 26.9 Å². The van der Waals surface area contributed by atoms with Crippen molar-refractivity contribution in [1.82, 2.24) is 9.97 Å². The molecule has 2 fully saturated rings. The number of halogens is 1. The van der Waals surface area contributed by atoms with Crippen LogP contribution in [0, 0.1) is 0 Å². The minimum absolute atomic E-state index is 0.470. The molecule has 3 rings (SSSR count). The number of anilines is 1. The average Bonchev–Trinajstić information content (AvgIpc) is 2.62. The van der Waals surface area contributed by atoms with E-state index < -0.39 is 0 Å². The summed E-state index contributed by atoms with van der Waals surface area (Å²) in [4.78, 5) is 12.1. The fourth-order valence-electron chi connectivity index (χ4n) is 3.30. The maximum absolute atomic E-state index is 4.51. The molecule has 0 N–H and O–H groups in total. The van der Waals surface area contributed by atoms with Crippen molar-refractivity contribution >= 4 is 21.7 Å². The van der Waals surface area contributed by atoms with Crippen LogP contribution in [0.2, 0.25) is 0 Å². The van der Waals surface area contributed by atoms with Crippen molar-refractivity contribution in [3.8, 4) is 0 Å². The zero-order valence-corrected chi connectivity index (χ0v) is 12.6. The second-order valence-electron chi connectivity index (χ2n) is 5.82. The Morgan fingerprint density at radius 1 is 1.22 bits per heavy atom. The van der Waals surface area contributed by atoms with Gasteiger partial charge in [0.05, 0.1) is 0 Å². The first-order valence-corrected chi connectivity index (χ1v) is 7.81. The largest absolute Gasteiger partial charge is 0.350 e. The van der Waals surface area contributed by atoms with Crippen LogP contribution in [0.5, 0.6) is 0 Å². The lowest BCUT2D eigenvalue weighted by Gasteiger charge is -2.38. The molecule has 3 nitrogen and oxygen atoms in total. The van der Waals surface area contributed by atoms with Gasteiger partial charge in [-0.15, -0.1) is 0 Å². The molecular formula is C14H20BrN3.